The van der Waals surface area contributed by atoms with Crippen molar-refractivity contribution in [2.45, 2.75) is 32.5 Å². The summed E-state index contributed by atoms with van der Waals surface area (Å²) in [6, 6.07) is 6.95. The predicted molar refractivity (Wildman–Crippen MR) is 102 cm³/mol. The van der Waals surface area contributed by atoms with E-state index in [1.54, 1.807) is 20.8 Å². The highest BCUT2D eigenvalue weighted by Gasteiger charge is 2.23. The molecule has 9 heteroatoms. The Balaban J connectivity index is 2.01. The summed E-state index contributed by atoms with van der Waals surface area (Å²) >= 11 is 0. The van der Waals surface area contributed by atoms with Gasteiger partial charge in [0, 0.05) is 7.05 Å². The molecule has 6 nitrogen and oxygen atoms in total. The molecule has 0 aliphatic carbocycles. The van der Waals surface area contributed by atoms with Crippen LogP contribution < -0.4 is 4.74 Å². The molecule has 1 atom stereocenters. The third-order valence-corrected chi connectivity index (χ3v) is 3.88. The lowest BCUT2D eigenvalue weighted by Gasteiger charge is -2.26. The van der Waals surface area contributed by atoms with Crippen LogP contribution in [0.3, 0.4) is 0 Å². The molecule has 0 spiro atoms. The Bertz CT molecular complexity index is 925. The fourth-order valence-corrected chi connectivity index (χ4v) is 2.38. The number of carbonyl (C=O) groups excluding carboxylic acids is 2. The van der Waals surface area contributed by atoms with E-state index < -0.39 is 46.8 Å². The van der Waals surface area contributed by atoms with Gasteiger partial charge >= 0.3 is 12.1 Å². The lowest BCUT2D eigenvalue weighted by molar-refractivity contribution is 0.0205. The van der Waals surface area contributed by atoms with Crippen LogP contribution in [0.15, 0.2) is 36.4 Å². The molecule has 1 unspecified atom stereocenters. The van der Waals surface area contributed by atoms with E-state index in [2.05, 4.69) is 0 Å². The van der Waals surface area contributed by atoms with E-state index in [0.717, 1.165) is 6.07 Å². The molecule has 30 heavy (non-hydrogen) atoms. The van der Waals surface area contributed by atoms with E-state index in [0.29, 0.717) is 11.6 Å². The molecule has 0 aromatic heterocycles. The number of aliphatic hydroxyl groups is 1. The van der Waals surface area contributed by atoms with Crippen LogP contribution in [0.5, 0.6) is 5.75 Å². The molecule has 0 radical (unpaired) electrons. The van der Waals surface area contributed by atoms with Gasteiger partial charge in [0.25, 0.3) is 0 Å². The van der Waals surface area contributed by atoms with Gasteiger partial charge in [-0.15, -0.1) is 0 Å². The third kappa shape index (κ3) is 5.96. The fourth-order valence-electron chi connectivity index (χ4n) is 2.38. The Kier molecular flexibility index (Phi) is 7.09. The fraction of sp³-hybridized carbons (Fsp3) is 0.333. The Morgan fingerprint density at radius 2 is 1.63 bits per heavy atom. The molecular weight excluding hydrogens is 403 g/mol. The van der Waals surface area contributed by atoms with Gasteiger partial charge in [-0.05, 0) is 50.6 Å². The van der Waals surface area contributed by atoms with Crippen molar-refractivity contribution in [2.24, 2.45) is 0 Å². The molecule has 1 N–H and O–H groups in total. The van der Waals surface area contributed by atoms with Crippen LogP contribution in [0.2, 0.25) is 0 Å². The monoisotopic (exact) mass is 425 g/mol. The summed E-state index contributed by atoms with van der Waals surface area (Å²) in [4.78, 5) is 25.2. The van der Waals surface area contributed by atoms with Gasteiger partial charge in [-0.1, -0.05) is 12.1 Å². The van der Waals surface area contributed by atoms with Crippen LogP contribution in [0, 0.1) is 17.5 Å². The number of carbonyl (C=O) groups is 2. The quantitative estimate of drug-likeness (QED) is 0.441. The highest BCUT2D eigenvalue weighted by Crippen LogP contribution is 2.22. The lowest BCUT2D eigenvalue weighted by Crippen LogP contribution is -2.36. The first-order chi connectivity index (χ1) is 13.9. The zero-order chi connectivity index (χ0) is 22.6. The van der Waals surface area contributed by atoms with Gasteiger partial charge in [0.05, 0.1) is 18.2 Å². The number of rotatable bonds is 5. The van der Waals surface area contributed by atoms with E-state index in [1.165, 1.54) is 36.2 Å². The van der Waals surface area contributed by atoms with Crippen molar-refractivity contribution >= 4 is 12.1 Å². The molecule has 0 aliphatic rings. The highest BCUT2D eigenvalue weighted by molar-refractivity contribution is 5.91. The maximum absolute atomic E-state index is 13.7. The molecule has 2 aromatic carbocycles. The lowest BCUT2D eigenvalue weighted by atomic mass is 10.1. The first kappa shape index (κ1) is 23.2. The Morgan fingerprint density at radius 3 is 2.20 bits per heavy atom. The average molecular weight is 425 g/mol. The SMILES string of the molecule is CN(CC(O)c1ccc(OC(=O)c2ccc(F)c(F)c2F)cc1)C(=O)OC(C)(C)C. The van der Waals surface area contributed by atoms with Crippen molar-refractivity contribution in [1.82, 2.24) is 4.90 Å². The summed E-state index contributed by atoms with van der Waals surface area (Å²) in [5.74, 6) is -6.03. The number of nitrogens with zero attached hydrogens (tertiary/aromatic N) is 1. The summed E-state index contributed by atoms with van der Waals surface area (Å²) in [6.45, 7) is 5.12. The summed E-state index contributed by atoms with van der Waals surface area (Å²) in [7, 11) is 1.48. The van der Waals surface area contributed by atoms with Crippen molar-refractivity contribution in [2.75, 3.05) is 13.6 Å². The molecule has 1 amide bonds. The minimum absolute atomic E-state index is 0.000537. The molecule has 2 rings (SSSR count). The van der Waals surface area contributed by atoms with Crippen LogP contribution >= 0.6 is 0 Å². The predicted octanol–water partition coefficient (Wildman–Crippen LogP) is 4.22. The highest BCUT2D eigenvalue weighted by atomic mass is 19.2. The van der Waals surface area contributed by atoms with Gasteiger partial charge in [0.2, 0.25) is 0 Å². The van der Waals surface area contributed by atoms with E-state index >= 15 is 0 Å². The van der Waals surface area contributed by atoms with Crippen molar-refractivity contribution < 1.29 is 37.3 Å². The summed E-state index contributed by atoms with van der Waals surface area (Å²) in [6.07, 6.45) is -1.64. The molecule has 162 valence electrons. The molecular formula is C21H22F3NO5. The number of esters is 1. The van der Waals surface area contributed by atoms with E-state index in [-0.39, 0.29) is 12.3 Å². The van der Waals surface area contributed by atoms with Gasteiger partial charge in [-0.25, -0.2) is 22.8 Å². The van der Waals surface area contributed by atoms with Crippen molar-refractivity contribution in [1.29, 1.82) is 0 Å². The van der Waals surface area contributed by atoms with Gasteiger partial charge in [0.15, 0.2) is 17.5 Å². The molecule has 0 saturated carbocycles. The topological polar surface area (TPSA) is 76.1 Å². The number of benzene rings is 2. The number of hydrogen-bond donors (Lipinski definition) is 1. The minimum Gasteiger partial charge on any atom is -0.444 e. The summed E-state index contributed by atoms with van der Waals surface area (Å²) in [5.41, 5.74) is -1.00. The van der Waals surface area contributed by atoms with Gasteiger partial charge in [-0.3, -0.25) is 0 Å². The number of ether oxygens (including phenoxy) is 2. The number of halogens is 3. The smallest absolute Gasteiger partial charge is 0.410 e. The van der Waals surface area contributed by atoms with Gasteiger partial charge in [-0.2, -0.15) is 0 Å². The van der Waals surface area contributed by atoms with Gasteiger partial charge in [0.1, 0.15) is 11.4 Å². The number of hydrogen-bond acceptors (Lipinski definition) is 5. The van der Waals surface area contributed by atoms with Crippen LogP contribution in [0.4, 0.5) is 18.0 Å². The number of likely N-dealkylation sites (N-methyl/N-ethyl adjacent to an activating group) is 1. The molecule has 0 fully saturated rings. The van der Waals surface area contributed by atoms with Crippen LogP contribution in [0.25, 0.3) is 0 Å². The van der Waals surface area contributed by atoms with E-state index in [1.807, 2.05) is 0 Å². The summed E-state index contributed by atoms with van der Waals surface area (Å²) < 4.78 is 50.1. The zero-order valence-electron chi connectivity index (χ0n) is 16.9. The Hall–Kier alpha value is -3.07. The normalized spacial score (nSPS) is 12.3. The molecule has 0 aliphatic heterocycles. The maximum atomic E-state index is 13.7. The van der Waals surface area contributed by atoms with Crippen molar-refractivity contribution in [3.05, 3.63) is 65.0 Å². The number of aliphatic hydroxyl groups excluding tert-OH is 1. The maximum Gasteiger partial charge on any atom is 0.410 e. The van der Waals surface area contributed by atoms with Gasteiger partial charge < -0.3 is 19.5 Å². The number of amides is 1. The second-order valence-corrected chi connectivity index (χ2v) is 7.56. The van der Waals surface area contributed by atoms with Crippen molar-refractivity contribution in [3.63, 3.8) is 0 Å². The third-order valence-electron chi connectivity index (χ3n) is 3.88. The second kappa shape index (κ2) is 9.17. The first-order valence-electron chi connectivity index (χ1n) is 8.97. The second-order valence-electron chi connectivity index (χ2n) is 7.56. The molecule has 0 saturated heterocycles. The first-order valence-corrected chi connectivity index (χ1v) is 8.97. The zero-order valence-corrected chi connectivity index (χ0v) is 16.9. The standard InChI is InChI=1S/C21H22F3NO5/c1-21(2,3)30-20(28)25(4)11-16(26)12-5-7-13(8-6-12)29-19(27)14-9-10-15(22)18(24)17(14)23/h5-10,16,26H,11H2,1-4H3. The Morgan fingerprint density at radius 1 is 1.03 bits per heavy atom. The Labute approximate surface area is 171 Å². The van der Waals surface area contributed by atoms with Crippen molar-refractivity contribution in [3.8, 4) is 5.75 Å². The van der Waals surface area contributed by atoms with Crippen LogP contribution in [0.1, 0.15) is 42.8 Å². The molecule has 0 bridgehead atoms. The van der Waals surface area contributed by atoms with Crippen LogP contribution in [-0.4, -0.2) is 41.3 Å². The summed E-state index contributed by atoms with van der Waals surface area (Å²) in [5, 5.41) is 10.3. The minimum atomic E-state index is -1.77. The largest absolute Gasteiger partial charge is 0.444 e. The van der Waals surface area contributed by atoms with E-state index in [9.17, 15) is 27.9 Å². The molecule has 0 heterocycles. The average Bonchev–Trinajstić information content (AvgIpc) is 2.65. The molecule has 2 aromatic rings. The van der Waals surface area contributed by atoms with E-state index in [4.69, 9.17) is 9.47 Å². The van der Waals surface area contributed by atoms with Crippen LogP contribution in [-0.2, 0) is 4.74 Å².